The Bertz CT molecular complexity index is 1710. The molecule has 38 heavy (non-hydrogen) atoms. The molecule has 0 atom stereocenters. The number of nitro benzene ring substituents is 1. The van der Waals surface area contributed by atoms with E-state index in [1.165, 1.54) is 29.7 Å². The molecule has 8 nitrogen and oxygen atoms in total. The largest absolute Gasteiger partial charge is 0.493 e. The number of halogens is 1. The lowest BCUT2D eigenvalue weighted by atomic mass is 10.1. The van der Waals surface area contributed by atoms with E-state index in [1.54, 1.807) is 25.3 Å². The second kappa shape index (κ2) is 11.0. The number of carbonyl (C=O) groups excluding carboxylic acids is 1. The van der Waals surface area contributed by atoms with Crippen molar-refractivity contribution in [1.29, 1.82) is 0 Å². The van der Waals surface area contributed by atoms with Crippen molar-refractivity contribution in [3.63, 3.8) is 0 Å². The highest BCUT2D eigenvalue weighted by Crippen LogP contribution is 2.37. The van der Waals surface area contributed by atoms with Crippen LogP contribution in [0.3, 0.4) is 0 Å². The third-order valence-corrected chi connectivity index (χ3v) is 7.52. The molecule has 1 heterocycles. The Morgan fingerprint density at radius 3 is 2.71 bits per heavy atom. The van der Waals surface area contributed by atoms with E-state index in [0.717, 1.165) is 21.0 Å². The number of non-ortho nitro benzene ring substituents is 1. The number of benzene rings is 4. The lowest BCUT2D eigenvalue weighted by molar-refractivity contribution is -0.384. The van der Waals surface area contributed by atoms with Crippen molar-refractivity contribution in [3.8, 4) is 11.5 Å². The van der Waals surface area contributed by atoms with Crippen LogP contribution >= 0.6 is 27.3 Å². The average molecular weight is 590 g/mol. The van der Waals surface area contributed by atoms with Crippen LogP contribution in [0.1, 0.15) is 20.8 Å². The molecule has 0 radical (unpaired) electrons. The minimum atomic E-state index is -0.465. The van der Waals surface area contributed by atoms with Crippen molar-refractivity contribution >= 4 is 65.9 Å². The molecule has 4 aromatic carbocycles. The summed E-state index contributed by atoms with van der Waals surface area (Å²) in [5, 5.41) is 18.0. The Kier molecular flexibility index (Phi) is 7.34. The number of nitro groups is 1. The van der Waals surface area contributed by atoms with Gasteiger partial charge in [0.25, 0.3) is 11.6 Å². The van der Waals surface area contributed by atoms with Crippen LogP contribution in [0.25, 0.3) is 20.9 Å². The molecule has 10 heteroatoms. The molecule has 1 aromatic heterocycles. The van der Waals surface area contributed by atoms with E-state index in [2.05, 4.69) is 44.7 Å². The number of hydrogen-bond acceptors (Lipinski definition) is 7. The van der Waals surface area contributed by atoms with Crippen LogP contribution in [0.15, 0.2) is 88.4 Å². The monoisotopic (exact) mass is 589 g/mol. The third-order valence-electron chi connectivity index (χ3n) is 5.82. The maximum atomic E-state index is 12.6. The molecule has 5 rings (SSSR count). The minimum absolute atomic E-state index is 0.0238. The first kappa shape index (κ1) is 25.4. The van der Waals surface area contributed by atoms with Crippen LogP contribution in [-0.2, 0) is 6.61 Å². The summed E-state index contributed by atoms with van der Waals surface area (Å²) in [4.78, 5) is 23.5. The Labute approximate surface area is 229 Å². The van der Waals surface area contributed by atoms with Crippen molar-refractivity contribution in [3.05, 3.63) is 109 Å². The van der Waals surface area contributed by atoms with Crippen molar-refractivity contribution in [2.45, 2.75) is 6.61 Å². The van der Waals surface area contributed by atoms with Crippen LogP contribution in [0.5, 0.6) is 11.5 Å². The second-order valence-electron chi connectivity index (χ2n) is 8.25. The molecule has 0 spiro atoms. The molecule has 0 aliphatic rings. The summed E-state index contributed by atoms with van der Waals surface area (Å²) in [6.07, 6.45) is 1.50. The Morgan fingerprint density at radius 1 is 1.08 bits per heavy atom. The topological polar surface area (TPSA) is 103 Å². The van der Waals surface area contributed by atoms with Gasteiger partial charge in [0, 0.05) is 22.2 Å². The first-order valence-corrected chi connectivity index (χ1v) is 13.0. The van der Waals surface area contributed by atoms with Crippen LogP contribution in [0.4, 0.5) is 5.69 Å². The highest BCUT2D eigenvalue weighted by atomic mass is 79.9. The van der Waals surface area contributed by atoms with E-state index < -0.39 is 10.8 Å². The minimum Gasteiger partial charge on any atom is -0.493 e. The van der Waals surface area contributed by atoms with Crippen molar-refractivity contribution in [1.82, 2.24) is 5.43 Å². The van der Waals surface area contributed by atoms with E-state index >= 15 is 0 Å². The van der Waals surface area contributed by atoms with Crippen LogP contribution < -0.4 is 14.9 Å². The number of hydrazone groups is 1. The van der Waals surface area contributed by atoms with E-state index in [1.807, 2.05) is 30.3 Å². The molecule has 0 aliphatic heterocycles. The molecule has 0 fully saturated rings. The number of hydrogen-bond donors (Lipinski definition) is 1. The second-order valence-corrected chi connectivity index (χ2v) is 10.2. The quantitative estimate of drug-likeness (QED) is 0.118. The molecule has 0 unspecified atom stereocenters. The summed E-state index contributed by atoms with van der Waals surface area (Å²) in [5.41, 5.74) is 4.21. The number of amides is 1. The maximum Gasteiger partial charge on any atom is 0.281 e. The number of ether oxygens (including phenoxy) is 2. The Balaban J connectivity index is 1.29. The zero-order valence-electron chi connectivity index (χ0n) is 20.0. The molecule has 0 saturated heterocycles. The number of fused-ring (bicyclic) bond motifs is 2. The van der Waals surface area contributed by atoms with Crippen LogP contribution in [-0.4, -0.2) is 24.2 Å². The van der Waals surface area contributed by atoms with Gasteiger partial charge in [-0.25, -0.2) is 5.43 Å². The van der Waals surface area contributed by atoms with Gasteiger partial charge in [0.1, 0.15) is 6.61 Å². The van der Waals surface area contributed by atoms with Gasteiger partial charge in [0.15, 0.2) is 11.5 Å². The lowest BCUT2D eigenvalue weighted by Gasteiger charge is -2.14. The molecule has 5 aromatic rings. The van der Waals surface area contributed by atoms with Crippen molar-refractivity contribution in [2.24, 2.45) is 5.10 Å². The fourth-order valence-electron chi connectivity index (χ4n) is 4.00. The zero-order valence-corrected chi connectivity index (χ0v) is 22.4. The SMILES string of the molecule is COc1cc(/C=N/NC(=O)c2cc3cc([N+](=O)[O-])ccc3s2)cc(Br)c1OCc1cccc2ccccc12. The summed E-state index contributed by atoms with van der Waals surface area (Å²) in [7, 11) is 1.56. The molecule has 0 bridgehead atoms. The molecular formula is C28H20BrN3O5S. The number of thiophene rings is 1. The van der Waals surface area contributed by atoms with Gasteiger partial charge < -0.3 is 9.47 Å². The van der Waals surface area contributed by atoms with E-state index in [4.69, 9.17) is 9.47 Å². The zero-order chi connectivity index (χ0) is 26.6. The molecule has 1 amide bonds. The fraction of sp³-hybridized carbons (Fsp3) is 0.0714. The fourth-order valence-corrected chi connectivity index (χ4v) is 5.51. The first-order valence-electron chi connectivity index (χ1n) is 11.4. The summed E-state index contributed by atoms with van der Waals surface area (Å²) in [6.45, 7) is 0.359. The summed E-state index contributed by atoms with van der Waals surface area (Å²) < 4.78 is 13.1. The number of nitrogens with zero attached hydrogens (tertiary/aromatic N) is 2. The van der Waals surface area contributed by atoms with Gasteiger partial charge in [-0.05, 0) is 62.1 Å². The standard InChI is InChI=1S/C28H20BrN3O5S/c1-36-24-12-17(11-23(29)27(24)37-16-19-7-4-6-18-5-2-3-8-22(18)19)15-30-31-28(33)26-14-20-13-21(32(34)35)9-10-25(20)38-26/h2-15H,16H2,1H3,(H,31,33)/b30-15+. The Morgan fingerprint density at radius 2 is 1.89 bits per heavy atom. The van der Waals surface area contributed by atoms with Crippen LogP contribution in [0.2, 0.25) is 0 Å². The van der Waals surface area contributed by atoms with E-state index in [-0.39, 0.29) is 5.69 Å². The maximum absolute atomic E-state index is 12.6. The van der Waals surface area contributed by atoms with Gasteiger partial charge in [-0.3, -0.25) is 14.9 Å². The Hall–Kier alpha value is -4.28. The highest BCUT2D eigenvalue weighted by molar-refractivity contribution is 9.10. The van der Waals surface area contributed by atoms with Gasteiger partial charge >= 0.3 is 0 Å². The average Bonchev–Trinajstić information content (AvgIpc) is 3.36. The van der Waals surface area contributed by atoms with Gasteiger partial charge in [-0.2, -0.15) is 5.10 Å². The normalized spacial score (nSPS) is 11.2. The van der Waals surface area contributed by atoms with Gasteiger partial charge in [-0.15, -0.1) is 11.3 Å². The molecular weight excluding hydrogens is 570 g/mol. The van der Waals surface area contributed by atoms with Crippen LogP contribution in [0, 0.1) is 10.1 Å². The van der Waals surface area contributed by atoms with E-state index in [0.29, 0.717) is 38.4 Å². The molecule has 190 valence electrons. The van der Waals surface area contributed by atoms with Crippen molar-refractivity contribution in [2.75, 3.05) is 7.11 Å². The third kappa shape index (κ3) is 5.36. The molecule has 0 aliphatic carbocycles. The first-order chi connectivity index (χ1) is 18.4. The number of rotatable bonds is 8. The highest BCUT2D eigenvalue weighted by Gasteiger charge is 2.14. The summed E-state index contributed by atoms with van der Waals surface area (Å²) >= 11 is 4.79. The van der Waals surface area contributed by atoms with E-state index in [9.17, 15) is 14.9 Å². The summed E-state index contributed by atoms with van der Waals surface area (Å²) in [5.74, 6) is 0.658. The number of carbonyl (C=O) groups is 1. The van der Waals surface area contributed by atoms with Gasteiger partial charge in [0.05, 0.1) is 27.6 Å². The predicted octanol–water partition coefficient (Wildman–Crippen LogP) is 7.08. The van der Waals surface area contributed by atoms with Gasteiger partial charge in [-0.1, -0.05) is 42.5 Å². The molecule has 1 N–H and O–H groups in total. The van der Waals surface area contributed by atoms with Gasteiger partial charge in [0.2, 0.25) is 0 Å². The van der Waals surface area contributed by atoms with Crippen molar-refractivity contribution < 1.29 is 19.2 Å². The lowest BCUT2D eigenvalue weighted by Crippen LogP contribution is -2.16. The summed E-state index contributed by atoms with van der Waals surface area (Å²) in [6, 6.07) is 23.9. The molecule has 0 saturated carbocycles. The smallest absolute Gasteiger partial charge is 0.281 e. The predicted molar refractivity (Wildman–Crippen MR) is 153 cm³/mol. The number of methoxy groups -OCH3 is 1. The number of nitrogens with one attached hydrogen (secondary N) is 1.